The SMILES string of the molecule is COC1(C)OC2C3CC(C(=O)NCCCCCCO)[C@H](O3)[C@H]2O1.NCCCCCCO. The molecule has 0 aromatic carbocycles. The minimum Gasteiger partial charge on any atom is -0.396 e. The highest BCUT2D eigenvalue weighted by atomic mass is 16.9. The molecule has 0 saturated carbocycles. The molecule has 4 unspecified atom stereocenters. The standard InChI is InChI=1S/C16H27NO6.C6H15NO/c1-16(20-2)22-13-11-9-10(12(21-11)14(13)23-16)15(19)17-7-5-3-4-6-8-18;7-5-3-1-2-4-6-8/h10-14,18H,3-9H2,1-2H3,(H,17,19);8H,1-7H2/t10?,11?,12-,13?,14+,16?;/m0./s1. The lowest BCUT2D eigenvalue weighted by Crippen LogP contribution is -2.46. The quantitative estimate of drug-likeness (QED) is 0.309. The van der Waals surface area contributed by atoms with E-state index in [4.69, 9.17) is 34.9 Å². The summed E-state index contributed by atoms with van der Waals surface area (Å²) in [6.45, 7) is 3.75. The van der Waals surface area contributed by atoms with Crippen LogP contribution in [0.1, 0.15) is 64.7 Å². The van der Waals surface area contributed by atoms with E-state index in [1.807, 2.05) is 0 Å². The fourth-order valence-electron chi connectivity index (χ4n) is 4.35. The molecule has 5 N–H and O–H groups in total. The highest BCUT2D eigenvalue weighted by Gasteiger charge is 2.64. The Morgan fingerprint density at radius 1 is 1.00 bits per heavy atom. The maximum absolute atomic E-state index is 12.4. The number of methoxy groups -OCH3 is 1. The molecule has 2 bridgehead atoms. The van der Waals surface area contributed by atoms with Crippen LogP contribution in [0.25, 0.3) is 0 Å². The summed E-state index contributed by atoms with van der Waals surface area (Å²) in [5.41, 5.74) is 5.25. The largest absolute Gasteiger partial charge is 0.396 e. The summed E-state index contributed by atoms with van der Waals surface area (Å²) in [6, 6.07) is 0. The second-order valence-electron chi connectivity index (χ2n) is 8.57. The number of hydrogen-bond donors (Lipinski definition) is 4. The van der Waals surface area contributed by atoms with Crippen molar-refractivity contribution in [3.05, 3.63) is 0 Å². The molecule has 1 amide bonds. The van der Waals surface area contributed by atoms with Gasteiger partial charge in [0.1, 0.15) is 12.2 Å². The Hall–Kier alpha value is -0.810. The minimum absolute atomic E-state index is 0.0349. The van der Waals surface area contributed by atoms with Crippen LogP contribution in [0.4, 0.5) is 0 Å². The van der Waals surface area contributed by atoms with E-state index in [2.05, 4.69) is 5.32 Å². The van der Waals surface area contributed by atoms with Crippen LogP contribution in [0.5, 0.6) is 0 Å². The van der Waals surface area contributed by atoms with Gasteiger partial charge in [0.05, 0.1) is 18.1 Å². The molecule has 3 heterocycles. The van der Waals surface area contributed by atoms with Crippen LogP contribution in [-0.4, -0.2) is 79.9 Å². The van der Waals surface area contributed by atoms with Crippen molar-refractivity contribution in [3.8, 4) is 0 Å². The van der Waals surface area contributed by atoms with E-state index in [1.165, 1.54) is 0 Å². The zero-order chi connectivity index (χ0) is 22.7. The Morgan fingerprint density at radius 2 is 1.61 bits per heavy atom. The van der Waals surface area contributed by atoms with Crippen molar-refractivity contribution in [2.45, 2.75) is 95.1 Å². The number of nitrogens with two attached hydrogens (primary N) is 1. The molecule has 0 radical (unpaired) electrons. The topological polar surface area (TPSA) is 132 Å². The Bertz CT molecular complexity index is 518. The molecule has 9 nitrogen and oxygen atoms in total. The van der Waals surface area contributed by atoms with Crippen LogP contribution in [-0.2, 0) is 23.7 Å². The third kappa shape index (κ3) is 7.63. The third-order valence-electron chi connectivity index (χ3n) is 6.13. The molecule has 0 aromatic rings. The number of hydrogen-bond acceptors (Lipinski definition) is 8. The number of rotatable bonds is 13. The number of carbonyl (C=O) groups is 1. The summed E-state index contributed by atoms with van der Waals surface area (Å²) in [5, 5.41) is 20.1. The van der Waals surface area contributed by atoms with Gasteiger partial charge in [-0.15, -0.1) is 0 Å². The van der Waals surface area contributed by atoms with Gasteiger partial charge in [-0.3, -0.25) is 4.79 Å². The molecule has 6 atom stereocenters. The smallest absolute Gasteiger partial charge is 0.280 e. The molecule has 3 saturated heterocycles. The van der Waals surface area contributed by atoms with Crippen molar-refractivity contribution >= 4 is 5.91 Å². The number of fused-ring (bicyclic) bond motifs is 5. The second kappa shape index (κ2) is 13.7. The summed E-state index contributed by atoms with van der Waals surface area (Å²) in [5.74, 6) is -1.18. The maximum atomic E-state index is 12.4. The van der Waals surface area contributed by atoms with Crippen molar-refractivity contribution < 1.29 is 34.0 Å². The summed E-state index contributed by atoms with van der Waals surface area (Å²) >= 11 is 0. The average Bonchev–Trinajstić information content (AvgIpc) is 3.44. The van der Waals surface area contributed by atoms with Gasteiger partial charge in [0.25, 0.3) is 5.97 Å². The first-order valence-electron chi connectivity index (χ1n) is 11.8. The molecule has 3 rings (SSSR count). The Labute approximate surface area is 185 Å². The van der Waals surface area contributed by atoms with Gasteiger partial charge >= 0.3 is 0 Å². The maximum Gasteiger partial charge on any atom is 0.280 e. The Balaban J connectivity index is 0.000000366. The van der Waals surface area contributed by atoms with E-state index in [1.54, 1.807) is 14.0 Å². The van der Waals surface area contributed by atoms with Crippen LogP contribution in [0, 0.1) is 5.92 Å². The fourth-order valence-corrected chi connectivity index (χ4v) is 4.35. The highest BCUT2D eigenvalue weighted by molar-refractivity contribution is 5.80. The summed E-state index contributed by atoms with van der Waals surface area (Å²) in [4.78, 5) is 12.4. The zero-order valence-electron chi connectivity index (χ0n) is 19.1. The van der Waals surface area contributed by atoms with Crippen molar-refractivity contribution in [1.29, 1.82) is 0 Å². The number of unbranched alkanes of at least 4 members (excludes halogenated alkanes) is 6. The highest BCUT2D eigenvalue weighted by Crippen LogP contribution is 2.48. The first-order chi connectivity index (χ1) is 15.0. The Kier molecular flexibility index (Phi) is 11.7. The van der Waals surface area contributed by atoms with E-state index < -0.39 is 5.97 Å². The lowest BCUT2D eigenvalue weighted by Gasteiger charge is -2.25. The monoisotopic (exact) mass is 446 g/mol. The van der Waals surface area contributed by atoms with Crippen molar-refractivity contribution in [3.63, 3.8) is 0 Å². The van der Waals surface area contributed by atoms with E-state index >= 15 is 0 Å². The second-order valence-corrected chi connectivity index (χ2v) is 8.57. The van der Waals surface area contributed by atoms with Crippen LogP contribution >= 0.6 is 0 Å². The van der Waals surface area contributed by atoms with Gasteiger partial charge in [0.15, 0.2) is 0 Å². The van der Waals surface area contributed by atoms with Gasteiger partial charge in [-0.1, -0.05) is 25.7 Å². The van der Waals surface area contributed by atoms with E-state index in [0.717, 1.165) is 57.9 Å². The molecular formula is C22H42N2O7. The third-order valence-corrected chi connectivity index (χ3v) is 6.13. The van der Waals surface area contributed by atoms with Crippen LogP contribution in [0.3, 0.4) is 0 Å². The van der Waals surface area contributed by atoms with E-state index in [-0.39, 0.29) is 42.8 Å². The molecule has 9 heteroatoms. The molecule has 0 aliphatic carbocycles. The molecule has 0 aromatic heterocycles. The first-order valence-corrected chi connectivity index (χ1v) is 11.8. The minimum atomic E-state index is -1.03. The van der Waals surface area contributed by atoms with Crippen molar-refractivity contribution in [2.24, 2.45) is 11.7 Å². The lowest BCUT2D eigenvalue weighted by molar-refractivity contribution is -0.329. The zero-order valence-corrected chi connectivity index (χ0v) is 19.1. The van der Waals surface area contributed by atoms with Crippen LogP contribution in [0.2, 0.25) is 0 Å². The average molecular weight is 447 g/mol. The van der Waals surface area contributed by atoms with Crippen LogP contribution in [0.15, 0.2) is 0 Å². The Morgan fingerprint density at radius 3 is 2.23 bits per heavy atom. The van der Waals surface area contributed by atoms with Crippen LogP contribution < -0.4 is 11.1 Å². The van der Waals surface area contributed by atoms with Gasteiger partial charge in [-0.05, 0) is 38.6 Å². The fraction of sp³-hybridized carbons (Fsp3) is 0.955. The number of nitrogens with one attached hydrogen (secondary N) is 1. The first kappa shape index (κ1) is 26.4. The molecule has 182 valence electrons. The summed E-state index contributed by atoms with van der Waals surface area (Å²) in [6.07, 6.45) is 8.02. The summed E-state index contributed by atoms with van der Waals surface area (Å²) < 4.78 is 22.8. The number of ether oxygens (including phenoxy) is 4. The molecule has 3 aliphatic rings. The van der Waals surface area contributed by atoms with E-state index in [9.17, 15) is 4.79 Å². The molecule has 0 spiro atoms. The van der Waals surface area contributed by atoms with Gasteiger partial charge < -0.3 is 40.2 Å². The van der Waals surface area contributed by atoms with Crippen molar-refractivity contribution in [2.75, 3.05) is 33.4 Å². The van der Waals surface area contributed by atoms with Gasteiger partial charge in [-0.25, -0.2) is 0 Å². The molecule has 3 fully saturated rings. The van der Waals surface area contributed by atoms with Crippen molar-refractivity contribution in [1.82, 2.24) is 5.32 Å². The molecule has 31 heavy (non-hydrogen) atoms. The number of aliphatic hydroxyl groups is 2. The predicted octanol–water partition coefficient (Wildman–Crippen LogP) is 1.04. The number of carbonyl (C=O) groups excluding carboxylic acids is 1. The van der Waals surface area contributed by atoms with Gasteiger partial charge in [0.2, 0.25) is 5.91 Å². The predicted molar refractivity (Wildman–Crippen MR) is 115 cm³/mol. The summed E-state index contributed by atoms with van der Waals surface area (Å²) in [7, 11) is 1.55. The van der Waals surface area contributed by atoms with E-state index in [0.29, 0.717) is 19.6 Å². The van der Waals surface area contributed by atoms with Gasteiger partial charge in [-0.2, -0.15) is 0 Å². The molecule has 3 aliphatic heterocycles. The lowest BCUT2D eigenvalue weighted by atomic mass is 9.85. The normalized spacial score (nSPS) is 33.1. The number of aliphatic hydroxyl groups excluding tert-OH is 2. The number of amides is 1. The molecular weight excluding hydrogens is 404 g/mol. The van der Waals surface area contributed by atoms with Gasteiger partial charge in [0, 0.05) is 33.8 Å².